The molecule has 1 fully saturated rings. The highest BCUT2D eigenvalue weighted by Gasteiger charge is 2.23. The summed E-state index contributed by atoms with van der Waals surface area (Å²) in [5, 5.41) is 8.83. The Morgan fingerprint density at radius 1 is 1.19 bits per heavy atom. The molecule has 0 spiro atoms. The Morgan fingerprint density at radius 2 is 2.00 bits per heavy atom. The monoisotopic (exact) mass is 449 g/mol. The molecule has 1 N–H and O–H groups in total. The van der Waals surface area contributed by atoms with E-state index in [2.05, 4.69) is 36.6 Å². The maximum atomic E-state index is 11.9. The van der Waals surface area contributed by atoms with Crippen LogP contribution in [0.1, 0.15) is 5.56 Å². The molecule has 3 aromatic heterocycles. The van der Waals surface area contributed by atoms with Gasteiger partial charge < -0.3 is 14.5 Å². The molecule has 0 bridgehead atoms. The normalized spacial score (nSPS) is 14.2. The Bertz CT molecular complexity index is 1350. The van der Waals surface area contributed by atoms with Gasteiger partial charge in [-0.25, -0.2) is 15.0 Å². The highest BCUT2D eigenvalue weighted by Crippen LogP contribution is 2.38. The summed E-state index contributed by atoms with van der Waals surface area (Å²) in [6, 6.07) is 5.71. The smallest absolute Gasteiger partial charge is 0.246 e. The van der Waals surface area contributed by atoms with Gasteiger partial charge in [-0.3, -0.25) is 9.89 Å². The molecule has 4 heterocycles. The highest BCUT2D eigenvalue weighted by atomic mass is 35.5. The van der Waals surface area contributed by atoms with Crippen LogP contribution in [0, 0.1) is 6.92 Å². The van der Waals surface area contributed by atoms with Crippen molar-refractivity contribution in [1.29, 1.82) is 0 Å². The molecule has 4 aromatic rings. The molecule has 162 valence electrons. The van der Waals surface area contributed by atoms with Crippen LogP contribution in [-0.2, 0) is 4.79 Å². The molecule has 32 heavy (non-hydrogen) atoms. The average Bonchev–Trinajstić information content (AvgIpc) is 3.21. The lowest BCUT2D eigenvalue weighted by atomic mass is 10.1. The standard InChI is InChI=1S/C22H20ClN7O2/c1-3-16(31)29-8-10-30(11-9-29)21-14-6-7-24-22(18(14)25-12-26-21)32-19-13(2)4-5-15-17(19)20(23)28-27-15/h3-7,12H,1,8-11H2,2H3,(H,27,28). The number of aryl methyl sites for hydroxylation is 1. The lowest BCUT2D eigenvalue weighted by molar-refractivity contribution is -0.126. The number of rotatable bonds is 4. The molecule has 10 heteroatoms. The van der Waals surface area contributed by atoms with E-state index >= 15 is 0 Å². The fourth-order valence-corrected chi connectivity index (χ4v) is 4.15. The van der Waals surface area contributed by atoms with Crippen molar-refractivity contribution < 1.29 is 9.53 Å². The van der Waals surface area contributed by atoms with Gasteiger partial charge in [0.2, 0.25) is 11.8 Å². The number of hydrogen-bond donors (Lipinski definition) is 1. The molecule has 0 radical (unpaired) electrons. The number of benzene rings is 1. The average molecular weight is 450 g/mol. The second kappa shape index (κ2) is 8.08. The van der Waals surface area contributed by atoms with Crippen molar-refractivity contribution in [2.24, 2.45) is 0 Å². The number of fused-ring (bicyclic) bond motifs is 2. The number of aromatic nitrogens is 5. The summed E-state index contributed by atoms with van der Waals surface area (Å²) in [6.07, 6.45) is 4.53. The van der Waals surface area contributed by atoms with Gasteiger partial charge >= 0.3 is 0 Å². The molecule has 0 saturated carbocycles. The van der Waals surface area contributed by atoms with Crippen LogP contribution >= 0.6 is 11.6 Å². The van der Waals surface area contributed by atoms with Gasteiger partial charge in [0.05, 0.1) is 10.9 Å². The minimum Gasteiger partial charge on any atom is -0.436 e. The minimum atomic E-state index is -0.0560. The van der Waals surface area contributed by atoms with E-state index in [1.807, 2.05) is 25.1 Å². The first-order chi connectivity index (χ1) is 15.6. The van der Waals surface area contributed by atoms with Crippen LogP contribution in [0.15, 0.2) is 43.4 Å². The number of halogens is 1. The van der Waals surface area contributed by atoms with Crippen LogP contribution in [0.2, 0.25) is 5.15 Å². The predicted octanol–water partition coefficient (Wildman–Crippen LogP) is 3.49. The Kier molecular flexibility index (Phi) is 5.10. The van der Waals surface area contributed by atoms with Gasteiger partial charge in [-0.15, -0.1) is 0 Å². The molecule has 5 rings (SSSR count). The molecular formula is C22H20ClN7O2. The molecule has 1 amide bonds. The maximum Gasteiger partial charge on any atom is 0.246 e. The van der Waals surface area contributed by atoms with Crippen LogP contribution in [0.5, 0.6) is 11.6 Å². The minimum absolute atomic E-state index is 0.0560. The van der Waals surface area contributed by atoms with E-state index in [1.54, 1.807) is 11.1 Å². The van der Waals surface area contributed by atoms with Gasteiger partial charge in [-0.2, -0.15) is 5.10 Å². The van der Waals surface area contributed by atoms with E-state index in [4.69, 9.17) is 16.3 Å². The largest absolute Gasteiger partial charge is 0.436 e. The number of nitrogens with one attached hydrogen (secondary N) is 1. The second-order valence-electron chi connectivity index (χ2n) is 7.48. The first kappa shape index (κ1) is 20.2. The zero-order valence-corrected chi connectivity index (χ0v) is 18.1. The number of carbonyl (C=O) groups excluding carboxylic acids is 1. The van der Waals surface area contributed by atoms with E-state index in [0.29, 0.717) is 53.9 Å². The van der Waals surface area contributed by atoms with E-state index in [-0.39, 0.29) is 5.91 Å². The molecule has 1 aliphatic heterocycles. The summed E-state index contributed by atoms with van der Waals surface area (Å²) >= 11 is 6.30. The fraction of sp³-hybridized carbons (Fsp3) is 0.227. The zero-order chi connectivity index (χ0) is 22.2. The van der Waals surface area contributed by atoms with Gasteiger partial charge in [0, 0.05) is 37.8 Å². The summed E-state index contributed by atoms with van der Waals surface area (Å²) in [7, 11) is 0. The third-order valence-electron chi connectivity index (χ3n) is 5.60. The quantitative estimate of drug-likeness (QED) is 0.476. The van der Waals surface area contributed by atoms with Crippen LogP contribution in [0.4, 0.5) is 5.82 Å². The lowest BCUT2D eigenvalue weighted by Crippen LogP contribution is -2.48. The number of hydrogen-bond acceptors (Lipinski definition) is 7. The first-order valence-corrected chi connectivity index (χ1v) is 10.5. The Labute approximate surface area is 188 Å². The summed E-state index contributed by atoms with van der Waals surface area (Å²) in [5.41, 5.74) is 2.27. The maximum absolute atomic E-state index is 11.9. The summed E-state index contributed by atoms with van der Waals surface area (Å²) < 4.78 is 6.25. The van der Waals surface area contributed by atoms with Gasteiger partial charge in [-0.05, 0) is 30.7 Å². The lowest BCUT2D eigenvalue weighted by Gasteiger charge is -2.35. The molecular weight excluding hydrogens is 430 g/mol. The molecule has 1 aromatic carbocycles. The topological polar surface area (TPSA) is 100 Å². The molecule has 9 nitrogen and oxygen atoms in total. The summed E-state index contributed by atoms with van der Waals surface area (Å²) in [5.74, 6) is 1.67. The number of anilines is 1. The second-order valence-corrected chi connectivity index (χ2v) is 7.83. The highest BCUT2D eigenvalue weighted by molar-refractivity contribution is 6.34. The van der Waals surface area contributed by atoms with Crippen molar-refractivity contribution in [3.05, 3.63) is 54.1 Å². The number of amides is 1. The van der Waals surface area contributed by atoms with Gasteiger partial charge in [0.25, 0.3) is 0 Å². The Morgan fingerprint density at radius 3 is 2.78 bits per heavy atom. The van der Waals surface area contributed by atoms with E-state index in [1.165, 1.54) is 12.4 Å². The first-order valence-electron chi connectivity index (χ1n) is 10.1. The number of aromatic amines is 1. The van der Waals surface area contributed by atoms with Gasteiger partial charge in [0.1, 0.15) is 23.4 Å². The van der Waals surface area contributed by atoms with Gasteiger partial charge in [0.15, 0.2) is 5.15 Å². The number of carbonyl (C=O) groups is 1. The molecule has 0 atom stereocenters. The van der Waals surface area contributed by atoms with Crippen LogP contribution < -0.4 is 9.64 Å². The van der Waals surface area contributed by atoms with Crippen molar-refractivity contribution in [1.82, 2.24) is 30.0 Å². The van der Waals surface area contributed by atoms with E-state index in [9.17, 15) is 4.79 Å². The molecule has 0 aliphatic carbocycles. The van der Waals surface area contributed by atoms with Crippen molar-refractivity contribution in [3.8, 4) is 11.6 Å². The SMILES string of the molecule is C=CC(=O)N1CCN(c2ncnc3c(Oc4c(C)ccc5[nH]nc(Cl)c45)nccc23)CC1. The summed E-state index contributed by atoms with van der Waals surface area (Å²) in [4.78, 5) is 29.2. The van der Waals surface area contributed by atoms with Crippen molar-refractivity contribution in [2.75, 3.05) is 31.1 Å². The number of piperazine rings is 1. The Hall–Kier alpha value is -3.72. The number of H-pyrrole nitrogens is 1. The Balaban J connectivity index is 1.51. The van der Waals surface area contributed by atoms with E-state index < -0.39 is 0 Å². The molecule has 0 unspecified atom stereocenters. The molecule has 1 aliphatic rings. The van der Waals surface area contributed by atoms with Crippen LogP contribution in [0.3, 0.4) is 0 Å². The number of ether oxygens (including phenoxy) is 1. The number of pyridine rings is 1. The van der Waals surface area contributed by atoms with Crippen molar-refractivity contribution in [3.63, 3.8) is 0 Å². The summed E-state index contributed by atoms with van der Waals surface area (Å²) in [6.45, 7) is 8.03. The van der Waals surface area contributed by atoms with Crippen LogP contribution in [-0.4, -0.2) is 62.1 Å². The van der Waals surface area contributed by atoms with Crippen molar-refractivity contribution in [2.45, 2.75) is 6.92 Å². The number of nitrogens with zero attached hydrogens (tertiary/aromatic N) is 6. The molecule has 1 saturated heterocycles. The third-order valence-corrected chi connectivity index (χ3v) is 5.87. The zero-order valence-electron chi connectivity index (χ0n) is 17.4. The fourth-order valence-electron chi connectivity index (χ4n) is 3.92. The van der Waals surface area contributed by atoms with Gasteiger partial charge in [-0.1, -0.05) is 24.2 Å². The van der Waals surface area contributed by atoms with Crippen molar-refractivity contribution >= 4 is 45.1 Å². The van der Waals surface area contributed by atoms with E-state index in [0.717, 1.165) is 22.3 Å². The predicted molar refractivity (Wildman–Crippen MR) is 122 cm³/mol. The van der Waals surface area contributed by atoms with Crippen LogP contribution in [0.25, 0.3) is 21.8 Å². The third kappa shape index (κ3) is 3.40.